The number of urea groups is 1. The van der Waals surface area contributed by atoms with Crippen LogP contribution in [0, 0.1) is 13.8 Å². The molecule has 0 fully saturated rings. The summed E-state index contributed by atoms with van der Waals surface area (Å²) in [6.45, 7) is 6.30. The molecule has 0 saturated heterocycles. The quantitative estimate of drug-likeness (QED) is 0.901. The van der Waals surface area contributed by atoms with Crippen LogP contribution in [0.2, 0.25) is 0 Å². The van der Waals surface area contributed by atoms with Gasteiger partial charge in [-0.15, -0.1) is 0 Å². The van der Waals surface area contributed by atoms with Crippen molar-refractivity contribution < 1.29 is 4.79 Å². The van der Waals surface area contributed by atoms with Gasteiger partial charge < -0.3 is 15.2 Å². The Labute approximate surface area is 140 Å². The van der Waals surface area contributed by atoms with Crippen LogP contribution in [0.1, 0.15) is 47.9 Å². The molecule has 2 aromatic heterocycles. The zero-order valence-electron chi connectivity index (χ0n) is 14.1. The third kappa shape index (κ3) is 3.15. The Morgan fingerprint density at radius 1 is 1.33 bits per heavy atom. The highest BCUT2D eigenvalue weighted by Gasteiger charge is 2.28. The van der Waals surface area contributed by atoms with E-state index < -0.39 is 0 Å². The van der Waals surface area contributed by atoms with Gasteiger partial charge in [-0.05, 0) is 32.4 Å². The lowest BCUT2D eigenvalue weighted by Gasteiger charge is -2.22. The highest BCUT2D eigenvalue weighted by atomic mass is 16.2. The van der Waals surface area contributed by atoms with Gasteiger partial charge in [0, 0.05) is 5.69 Å². The first kappa shape index (κ1) is 16.2. The Morgan fingerprint density at radius 2 is 2.12 bits per heavy atom. The van der Waals surface area contributed by atoms with E-state index in [1.165, 1.54) is 0 Å². The Kier molecular flexibility index (Phi) is 4.33. The molecule has 2 aromatic rings. The van der Waals surface area contributed by atoms with Crippen LogP contribution in [0.5, 0.6) is 0 Å². The van der Waals surface area contributed by atoms with E-state index in [4.69, 9.17) is 0 Å². The van der Waals surface area contributed by atoms with Gasteiger partial charge in [-0.3, -0.25) is 9.78 Å². The molecule has 1 aliphatic rings. The number of aromatic nitrogens is 3. The van der Waals surface area contributed by atoms with Crippen molar-refractivity contribution in [2.75, 3.05) is 0 Å². The van der Waals surface area contributed by atoms with Crippen LogP contribution in [0.25, 0.3) is 0 Å². The Balaban J connectivity index is 1.74. The van der Waals surface area contributed by atoms with E-state index in [-0.39, 0.29) is 24.2 Å². The van der Waals surface area contributed by atoms with Crippen LogP contribution in [0.4, 0.5) is 4.79 Å². The summed E-state index contributed by atoms with van der Waals surface area (Å²) in [5.74, 6) is 0.566. The van der Waals surface area contributed by atoms with Gasteiger partial charge in [-0.25, -0.2) is 9.78 Å². The van der Waals surface area contributed by atoms with E-state index in [2.05, 4.69) is 20.3 Å². The van der Waals surface area contributed by atoms with Crippen molar-refractivity contribution in [2.24, 2.45) is 0 Å². The zero-order valence-corrected chi connectivity index (χ0v) is 14.1. The van der Waals surface area contributed by atoms with Crippen molar-refractivity contribution in [3.8, 4) is 0 Å². The fourth-order valence-electron chi connectivity index (χ4n) is 2.92. The first-order valence-corrected chi connectivity index (χ1v) is 8.05. The van der Waals surface area contributed by atoms with Crippen molar-refractivity contribution in [1.82, 2.24) is 25.2 Å². The molecule has 3 rings (SSSR count). The summed E-state index contributed by atoms with van der Waals surface area (Å²) in [4.78, 5) is 37.7. The van der Waals surface area contributed by atoms with Crippen molar-refractivity contribution in [1.29, 1.82) is 0 Å². The number of amides is 2. The van der Waals surface area contributed by atoms with E-state index in [1.807, 2.05) is 32.0 Å². The molecule has 3 heterocycles. The molecule has 0 radical (unpaired) electrons. The van der Waals surface area contributed by atoms with E-state index in [1.54, 1.807) is 11.8 Å². The van der Waals surface area contributed by atoms with Gasteiger partial charge >= 0.3 is 6.03 Å². The maximum Gasteiger partial charge on any atom is 0.318 e. The molecule has 0 aliphatic carbocycles. The van der Waals surface area contributed by atoms with Gasteiger partial charge in [-0.1, -0.05) is 13.0 Å². The fourth-order valence-corrected chi connectivity index (χ4v) is 2.92. The lowest BCUT2D eigenvalue weighted by Crippen LogP contribution is -2.39. The summed E-state index contributed by atoms with van der Waals surface area (Å²) >= 11 is 0. The summed E-state index contributed by atoms with van der Waals surface area (Å²) in [5, 5.41) is 3.01. The molecule has 7 heteroatoms. The molecular formula is C17H21N5O2. The summed E-state index contributed by atoms with van der Waals surface area (Å²) in [6.07, 6.45) is 0.737. The first-order valence-electron chi connectivity index (χ1n) is 8.05. The van der Waals surface area contributed by atoms with Crippen molar-refractivity contribution in [3.05, 3.63) is 57.0 Å². The molecule has 0 aromatic carbocycles. The lowest BCUT2D eigenvalue weighted by molar-refractivity contribution is 0.193. The molecule has 24 heavy (non-hydrogen) atoms. The standard InChI is InChI=1S/C17H21N5O2/c1-4-13(14-7-5-6-10(2)18-14)21-17(24)22-8-12-15(9-22)19-11(3)20-16(12)23/h5-7,13H,4,8-9H2,1-3H3,(H,21,24)(H,19,20,23). The molecule has 0 bridgehead atoms. The van der Waals surface area contributed by atoms with Crippen molar-refractivity contribution in [3.63, 3.8) is 0 Å². The number of carbonyl (C=O) groups is 1. The van der Waals surface area contributed by atoms with Gasteiger partial charge in [0.1, 0.15) is 5.82 Å². The number of nitrogens with one attached hydrogen (secondary N) is 2. The predicted octanol–water partition coefficient (Wildman–Crippen LogP) is 1.96. The average Bonchev–Trinajstić information content (AvgIpc) is 2.96. The van der Waals surface area contributed by atoms with Gasteiger partial charge in [0.15, 0.2) is 0 Å². The SMILES string of the molecule is CCC(NC(=O)N1Cc2nc(C)[nH]c(=O)c2C1)c1cccc(C)n1. The number of aromatic amines is 1. The maximum absolute atomic E-state index is 12.6. The van der Waals surface area contributed by atoms with Crippen LogP contribution < -0.4 is 10.9 Å². The second kappa shape index (κ2) is 6.43. The molecule has 1 aliphatic heterocycles. The second-order valence-electron chi connectivity index (χ2n) is 6.05. The normalized spacial score (nSPS) is 14.4. The monoisotopic (exact) mass is 327 g/mol. The highest BCUT2D eigenvalue weighted by molar-refractivity contribution is 5.75. The molecule has 0 saturated carbocycles. The first-order chi connectivity index (χ1) is 11.5. The number of rotatable bonds is 3. The highest BCUT2D eigenvalue weighted by Crippen LogP contribution is 2.20. The summed E-state index contributed by atoms with van der Waals surface area (Å²) < 4.78 is 0. The second-order valence-corrected chi connectivity index (χ2v) is 6.05. The van der Waals surface area contributed by atoms with E-state index in [0.717, 1.165) is 17.8 Å². The van der Waals surface area contributed by atoms with E-state index >= 15 is 0 Å². The predicted molar refractivity (Wildman–Crippen MR) is 89.4 cm³/mol. The maximum atomic E-state index is 12.6. The number of hydrogen-bond acceptors (Lipinski definition) is 4. The van der Waals surface area contributed by atoms with Gasteiger partial charge in [0.2, 0.25) is 0 Å². The van der Waals surface area contributed by atoms with Gasteiger partial charge in [-0.2, -0.15) is 0 Å². The molecular weight excluding hydrogens is 306 g/mol. The number of fused-ring (bicyclic) bond motifs is 1. The summed E-state index contributed by atoms with van der Waals surface area (Å²) in [5.41, 5.74) is 2.83. The van der Waals surface area contributed by atoms with Gasteiger partial charge in [0.25, 0.3) is 5.56 Å². The average molecular weight is 327 g/mol. The fraction of sp³-hybridized carbons (Fsp3) is 0.412. The minimum Gasteiger partial charge on any atom is -0.330 e. The minimum atomic E-state index is -0.208. The Morgan fingerprint density at radius 3 is 2.83 bits per heavy atom. The molecule has 1 unspecified atom stereocenters. The zero-order chi connectivity index (χ0) is 17.3. The van der Waals surface area contributed by atoms with Crippen LogP contribution in [-0.4, -0.2) is 25.9 Å². The van der Waals surface area contributed by atoms with E-state index in [9.17, 15) is 9.59 Å². The number of pyridine rings is 1. The molecule has 2 amide bonds. The van der Waals surface area contributed by atoms with Gasteiger partial charge in [0.05, 0.1) is 36.1 Å². The van der Waals surface area contributed by atoms with Crippen LogP contribution in [-0.2, 0) is 13.1 Å². The molecule has 1 atom stereocenters. The minimum absolute atomic E-state index is 0.158. The van der Waals surface area contributed by atoms with Crippen LogP contribution in [0.15, 0.2) is 23.0 Å². The number of nitrogens with zero attached hydrogens (tertiary/aromatic N) is 3. The van der Waals surface area contributed by atoms with Crippen LogP contribution >= 0.6 is 0 Å². The molecule has 126 valence electrons. The molecule has 2 N–H and O–H groups in total. The number of hydrogen-bond donors (Lipinski definition) is 2. The number of H-pyrrole nitrogens is 1. The largest absolute Gasteiger partial charge is 0.330 e. The Hall–Kier alpha value is -2.70. The van der Waals surface area contributed by atoms with Crippen molar-refractivity contribution >= 4 is 6.03 Å². The van der Waals surface area contributed by atoms with Crippen molar-refractivity contribution in [2.45, 2.75) is 46.3 Å². The van der Waals surface area contributed by atoms with Crippen LogP contribution in [0.3, 0.4) is 0 Å². The molecule has 7 nitrogen and oxygen atoms in total. The third-order valence-electron chi connectivity index (χ3n) is 4.17. The lowest BCUT2D eigenvalue weighted by atomic mass is 10.1. The summed E-state index contributed by atoms with van der Waals surface area (Å²) in [6, 6.07) is 5.41. The summed E-state index contributed by atoms with van der Waals surface area (Å²) in [7, 11) is 0. The van der Waals surface area contributed by atoms with E-state index in [0.29, 0.717) is 23.6 Å². The molecule has 0 spiro atoms. The smallest absolute Gasteiger partial charge is 0.318 e. The third-order valence-corrected chi connectivity index (χ3v) is 4.17. The topological polar surface area (TPSA) is 91.0 Å². The number of aryl methyl sites for hydroxylation is 2. The Bertz CT molecular complexity index is 830. The number of carbonyl (C=O) groups excluding carboxylic acids is 1.